The molecule has 0 bridgehead atoms. The van der Waals surface area contributed by atoms with Gasteiger partial charge in [0.25, 0.3) is 0 Å². The Labute approximate surface area is 115 Å². The summed E-state index contributed by atoms with van der Waals surface area (Å²) < 4.78 is 1.92. The van der Waals surface area contributed by atoms with E-state index < -0.39 is 0 Å². The van der Waals surface area contributed by atoms with Gasteiger partial charge in [0.1, 0.15) is 5.65 Å². The minimum atomic E-state index is 0.0497. The highest BCUT2D eigenvalue weighted by atomic mass is 35.5. The molecule has 0 saturated carbocycles. The van der Waals surface area contributed by atoms with Crippen LogP contribution in [0.3, 0.4) is 0 Å². The number of carbonyl (C=O) groups is 1. The van der Waals surface area contributed by atoms with Crippen LogP contribution in [-0.4, -0.2) is 15.2 Å². The van der Waals surface area contributed by atoms with Gasteiger partial charge in [-0.3, -0.25) is 9.20 Å². The number of pyridine rings is 1. The molecule has 0 radical (unpaired) electrons. The molecule has 3 aromatic rings. The minimum absolute atomic E-state index is 0.0497. The zero-order valence-corrected chi connectivity index (χ0v) is 11.1. The van der Waals surface area contributed by atoms with Gasteiger partial charge in [-0.2, -0.15) is 0 Å². The number of halogens is 1. The van der Waals surface area contributed by atoms with E-state index in [-0.39, 0.29) is 5.78 Å². The van der Waals surface area contributed by atoms with Crippen molar-refractivity contribution in [2.45, 2.75) is 6.92 Å². The summed E-state index contributed by atoms with van der Waals surface area (Å²) in [6.07, 6.45) is 3.60. The highest BCUT2D eigenvalue weighted by molar-refractivity contribution is 6.30. The SMILES string of the molecule is CC(=O)c1cccc(-c2cnc3ccc(Cl)cn23)c1. The van der Waals surface area contributed by atoms with Gasteiger partial charge in [0.05, 0.1) is 16.9 Å². The molecule has 2 heterocycles. The minimum Gasteiger partial charge on any atom is -0.298 e. The third kappa shape index (κ3) is 2.13. The lowest BCUT2D eigenvalue weighted by Crippen LogP contribution is -1.93. The van der Waals surface area contributed by atoms with Gasteiger partial charge in [-0.1, -0.05) is 29.8 Å². The van der Waals surface area contributed by atoms with Crippen molar-refractivity contribution in [3.63, 3.8) is 0 Å². The summed E-state index contributed by atoms with van der Waals surface area (Å²) in [6.45, 7) is 1.56. The lowest BCUT2D eigenvalue weighted by atomic mass is 10.1. The molecule has 0 N–H and O–H groups in total. The van der Waals surface area contributed by atoms with Crippen molar-refractivity contribution < 1.29 is 4.79 Å². The molecule has 0 atom stereocenters. The molecule has 94 valence electrons. The largest absolute Gasteiger partial charge is 0.298 e. The van der Waals surface area contributed by atoms with E-state index in [2.05, 4.69) is 4.98 Å². The lowest BCUT2D eigenvalue weighted by molar-refractivity contribution is 0.101. The molecule has 0 amide bonds. The topological polar surface area (TPSA) is 34.4 Å². The fraction of sp³-hybridized carbons (Fsp3) is 0.0667. The predicted molar refractivity (Wildman–Crippen MR) is 75.6 cm³/mol. The first kappa shape index (κ1) is 11.9. The van der Waals surface area contributed by atoms with Gasteiger partial charge in [0, 0.05) is 17.3 Å². The highest BCUT2D eigenvalue weighted by Crippen LogP contribution is 2.23. The molecule has 3 nitrogen and oxygen atoms in total. The average Bonchev–Trinajstić information content (AvgIpc) is 2.81. The molecule has 0 fully saturated rings. The summed E-state index contributed by atoms with van der Waals surface area (Å²) in [7, 11) is 0. The van der Waals surface area contributed by atoms with Crippen molar-refractivity contribution in [3.8, 4) is 11.3 Å². The van der Waals surface area contributed by atoms with Crippen LogP contribution in [0.1, 0.15) is 17.3 Å². The summed E-state index contributed by atoms with van der Waals surface area (Å²) in [5.74, 6) is 0.0497. The zero-order chi connectivity index (χ0) is 13.4. The molecule has 0 aliphatic rings. The molecule has 4 heteroatoms. The summed E-state index contributed by atoms with van der Waals surface area (Å²) in [5, 5.41) is 0.648. The van der Waals surface area contributed by atoms with E-state index in [1.165, 1.54) is 0 Å². The predicted octanol–water partition coefficient (Wildman–Crippen LogP) is 3.86. The molecular formula is C15H11ClN2O. The highest BCUT2D eigenvalue weighted by Gasteiger charge is 2.08. The fourth-order valence-electron chi connectivity index (χ4n) is 2.07. The first-order chi connectivity index (χ1) is 9.15. The van der Waals surface area contributed by atoms with E-state index >= 15 is 0 Å². The average molecular weight is 271 g/mol. The number of fused-ring (bicyclic) bond motifs is 1. The van der Waals surface area contributed by atoms with Crippen molar-refractivity contribution in [1.29, 1.82) is 0 Å². The number of hydrogen-bond acceptors (Lipinski definition) is 2. The Morgan fingerprint density at radius 3 is 2.89 bits per heavy atom. The zero-order valence-electron chi connectivity index (χ0n) is 10.3. The van der Waals surface area contributed by atoms with Gasteiger partial charge in [0.15, 0.2) is 5.78 Å². The van der Waals surface area contributed by atoms with Crippen LogP contribution in [0.4, 0.5) is 0 Å². The third-order valence-electron chi connectivity index (χ3n) is 3.03. The maximum Gasteiger partial charge on any atom is 0.159 e. The summed E-state index contributed by atoms with van der Waals surface area (Å²) in [6, 6.07) is 11.2. The van der Waals surface area contributed by atoms with Gasteiger partial charge in [-0.05, 0) is 25.1 Å². The molecule has 0 spiro atoms. The number of hydrogen-bond donors (Lipinski definition) is 0. The van der Waals surface area contributed by atoms with Crippen molar-refractivity contribution in [3.05, 3.63) is 59.4 Å². The van der Waals surface area contributed by atoms with E-state index in [1.807, 2.05) is 40.9 Å². The normalized spacial score (nSPS) is 10.8. The molecule has 0 saturated heterocycles. The van der Waals surface area contributed by atoms with Gasteiger partial charge in [0.2, 0.25) is 0 Å². The molecule has 0 aliphatic carbocycles. The van der Waals surface area contributed by atoms with Crippen LogP contribution in [0, 0.1) is 0 Å². The lowest BCUT2D eigenvalue weighted by Gasteiger charge is -2.04. The van der Waals surface area contributed by atoms with E-state index in [4.69, 9.17) is 11.6 Å². The van der Waals surface area contributed by atoms with E-state index in [1.54, 1.807) is 19.2 Å². The number of imidazole rings is 1. The Bertz CT molecular complexity index is 777. The Morgan fingerprint density at radius 1 is 1.26 bits per heavy atom. The second-order valence-electron chi connectivity index (χ2n) is 4.36. The van der Waals surface area contributed by atoms with Gasteiger partial charge in [-0.15, -0.1) is 0 Å². The van der Waals surface area contributed by atoms with Gasteiger partial charge in [-0.25, -0.2) is 4.98 Å². The van der Waals surface area contributed by atoms with E-state index in [0.717, 1.165) is 16.9 Å². The monoisotopic (exact) mass is 270 g/mol. The van der Waals surface area contributed by atoms with Crippen LogP contribution in [0.15, 0.2) is 48.8 Å². The van der Waals surface area contributed by atoms with E-state index in [0.29, 0.717) is 10.6 Å². The first-order valence-electron chi connectivity index (χ1n) is 5.89. The summed E-state index contributed by atoms with van der Waals surface area (Å²) in [4.78, 5) is 15.8. The van der Waals surface area contributed by atoms with Gasteiger partial charge >= 0.3 is 0 Å². The van der Waals surface area contributed by atoms with Crippen molar-refractivity contribution in [2.24, 2.45) is 0 Å². The number of carbonyl (C=O) groups excluding carboxylic acids is 1. The van der Waals surface area contributed by atoms with Crippen LogP contribution in [-0.2, 0) is 0 Å². The smallest absolute Gasteiger partial charge is 0.159 e. The van der Waals surface area contributed by atoms with E-state index in [9.17, 15) is 4.79 Å². The number of nitrogens with zero attached hydrogens (tertiary/aromatic N) is 2. The summed E-state index contributed by atoms with van der Waals surface area (Å²) >= 11 is 6.01. The number of aromatic nitrogens is 2. The molecule has 0 aliphatic heterocycles. The van der Waals surface area contributed by atoms with Crippen molar-refractivity contribution in [1.82, 2.24) is 9.38 Å². The number of Topliss-reactive ketones (excluding diaryl/α,β-unsaturated/α-hetero) is 1. The molecule has 19 heavy (non-hydrogen) atoms. The molecule has 3 rings (SSSR count). The second-order valence-corrected chi connectivity index (χ2v) is 4.79. The van der Waals surface area contributed by atoms with Crippen molar-refractivity contribution >= 4 is 23.0 Å². The number of rotatable bonds is 2. The van der Waals surface area contributed by atoms with Crippen molar-refractivity contribution in [2.75, 3.05) is 0 Å². The summed E-state index contributed by atoms with van der Waals surface area (Å²) in [5.41, 5.74) is 3.38. The number of ketones is 1. The molecule has 0 unspecified atom stereocenters. The van der Waals surface area contributed by atoms with Crippen LogP contribution in [0.2, 0.25) is 5.02 Å². The molecular weight excluding hydrogens is 260 g/mol. The number of benzene rings is 1. The molecule has 2 aromatic heterocycles. The van der Waals surface area contributed by atoms with Crippen LogP contribution in [0.25, 0.3) is 16.9 Å². The van der Waals surface area contributed by atoms with Crippen LogP contribution < -0.4 is 0 Å². The quantitative estimate of drug-likeness (QED) is 0.663. The van der Waals surface area contributed by atoms with Crippen LogP contribution in [0.5, 0.6) is 0 Å². The maximum atomic E-state index is 11.4. The Kier molecular flexibility index (Phi) is 2.84. The third-order valence-corrected chi connectivity index (χ3v) is 3.26. The Hall–Kier alpha value is -2.13. The Morgan fingerprint density at radius 2 is 2.11 bits per heavy atom. The van der Waals surface area contributed by atoms with Gasteiger partial charge < -0.3 is 0 Å². The van der Waals surface area contributed by atoms with Crippen LogP contribution >= 0.6 is 11.6 Å². The standard InChI is InChI=1S/C15H11ClN2O/c1-10(19)11-3-2-4-12(7-11)14-8-17-15-6-5-13(16)9-18(14)15/h2-9H,1H3. The fourth-order valence-corrected chi connectivity index (χ4v) is 2.23. The molecule has 1 aromatic carbocycles. The first-order valence-corrected chi connectivity index (χ1v) is 6.27. The maximum absolute atomic E-state index is 11.4. The Balaban J connectivity index is 2.21. The second kappa shape index (κ2) is 4.52.